The number of ether oxygens (including phenoxy) is 2. The summed E-state index contributed by atoms with van der Waals surface area (Å²) in [5.41, 5.74) is 0. The Morgan fingerprint density at radius 3 is 3.08 bits per heavy atom. The summed E-state index contributed by atoms with van der Waals surface area (Å²) < 4.78 is 10.7. The molecule has 1 rings (SSSR count). The molecule has 1 fully saturated rings. The molecule has 3 nitrogen and oxygen atoms in total. The predicted molar refractivity (Wildman–Crippen MR) is 51.8 cm³/mol. The van der Waals surface area contributed by atoms with Gasteiger partial charge in [0.15, 0.2) is 0 Å². The van der Waals surface area contributed by atoms with Gasteiger partial charge in [0.25, 0.3) is 0 Å². The Bertz CT molecular complexity index is 115. The monoisotopic (exact) mass is 191 g/mol. The summed E-state index contributed by atoms with van der Waals surface area (Å²) in [6.45, 7) is 1.60. The molecule has 0 radical (unpaired) electrons. The van der Waals surface area contributed by atoms with Gasteiger partial charge < -0.3 is 14.8 Å². The third-order valence-corrected chi connectivity index (χ3v) is 3.03. The van der Waals surface area contributed by atoms with E-state index in [-0.39, 0.29) is 0 Å². The molecule has 0 aliphatic carbocycles. The van der Waals surface area contributed by atoms with Crippen LogP contribution in [0.15, 0.2) is 0 Å². The van der Waals surface area contributed by atoms with Crippen LogP contribution in [-0.2, 0) is 9.47 Å². The van der Waals surface area contributed by atoms with E-state index < -0.39 is 0 Å². The number of hydrogen-bond donors (Lipinski definition) is 1. The topological polar surface area (TPSA) is 30.5 Å². The van der Waals surface area contributed by atoms with Gasteiger partial charge in [-0.2, -0.15) is 11.8 Å². The van der Waals surface area contributed by atoms with Gasteiger partial charge in [-0.05, 0) is 7.05 Å². The SMILES string of the molecule is CNC(COC)C1CSCCO1. The zero-order valence-electron chi connectivity index (χ0n) is 7.71. The molecule has 1 N–H and O–H groups in total. The molecule has 1 aliphatic heterocycles. The number of rotatable bonds is 4. The van der Waals surface area contributed by atoms with Crippen molar-refractivity contribution in [3.63, 3.8) is 0 Å². The van der Waals surface area contributed by atoms with Crippen LogP contribution in [0.2, 0.25) is 0 Å². The second-order valence-corrected chi connectivity index (χ2v) is 3.98. The summed E-state index contributed by atoms with van der Waals surface area (Å²) in [5.74, 6) is 2.20. The normalized spacial score (nSPS) is 27.0. The first kappa shape index (κ1) is 10.3. The summed E-state index contributed by atoms with van der Waals surface area (Å²) in [6, 6.07) is 0.336. The molecule has 2 atom stereocenters. The zero-order chi connectivity index (χ0) is 8.81. The van der Waals surface area contributed by atoms with Crippen molar-refractivity contribution in [2.45, 2.75) is 12.1 Å². The second-order valence-electron chi connectivity index (χ2n) is 2.83. The van der Waals surface area contributed by atoms with E-state index in [0.29, 0.717) is 12.1 Å². The van der Waals surface area contributed by atoms with E-state index in [9.17, 15) is 0 Å². The average molecular weight is 191 g/mol. The number of thioether (sulfide) groups is 1. The van der Waals surface area contributed by atoms with Crippen LogP contribution >= 0.6 is 11.8 Å². The van der Waals surface area contributed by atoms with Gasteiger partial charge in [0, 0.05) is 18.6 Å². The summed E-state index contributed by atoms with van der Waals surface area (Å²) in [4.78, 5) is 0. The van der Waals surface area contributed by atoms with Crippen molar-refractivity contribution in [1.29, 1.82) is 0 Å². The first-order chi connectivity index (χ1) is 5.88. The highest BCUT2D eigenvalue weighted by Crippen LogP contribution is 2.15. The van der Waals surface area contributed by atoms with Crippen molar-refractivity contribution in [2.24, 2.45) is 0 Å². The zero-order valence-corrected chi connectivity index (χ0v) is 8.52. The van der Waals surface area contributed by atoms with Crippen LogP contribution in [0.25, 0.3) is 0 Å². The number of hydrogen-bond acceptors (Lipinski definition) is 4. The lowest BCUT2D eigenvalue weighted by Gasteiger charge is -2.29. The largest absolute Gasteiger partial charge is 0.383 e. The van der Waals surface area contributed by atoms with Crippen LogP contribution in [0.4, 0.5) is 0 Å². The Kier molecular flexibility index (Phi) is 4.99. The van der Waals surface area contributed by atoms with E-state index in [4.69, 9.17) is 9.47 Å². The van der Waals surface area contributed by atoms with Gasteiger partial charge in [0.2, 0.25) is 0 Å². The first-order valence-corrected chi connectivity index (χ1v) is 5.39. The Balaban J connectivity index is 2.29. The Labute approximate surface area is 78.2 Å². The lowest BCUT2D eigenvalue weighted by Crippen LogP contribution is -2.45. The summed E-state index contributed by atoms with van der Waals surface area (Å²) in [5, 5.41) is 3.21. The summed E-state index contributed by atoms with van der Waals surface area (Å²) >= 11 is 1.95. The standard InChI is InChI=1S/C8H17NO2S/c1-9-7(5-10-2)8-6-12-4-3-11-8/h7-9H,3-6H2,1-2H3. The fourth-order valence-corrected chi connectivity index (χ4v) is 2.24. The highest BCUT2D eigenvalue weighted by molar-refractivity contribution is 7.99. The van der Waals surface area contributed by atoms with Crippen LogP contribution in [0.5, 0.6) is 0 Å². The third-order valence-electron chi connectivity index (χ3n) is 2.01. The molecule has 0 saturated carbocycles. The van der Waals surface area contributed by atoms with Crippen LogP contribution in [-0.4, -0.2) is 51.0 Å². The van der Waals surface area contributed by atoms with Crippen molar-refractivity contribution in [2.75, 3.05) is 38.9 Å². The van der Waals surface area contributed by atoms with E-state index in [1.54, 1.807) is 7.11 Å². The fourth-order valence-electron chi connectivity index (χ4n) is 1.29. The molecular formula is C8H17NO2S. The minimum atomic E-state index is 0.314. The minimum Gasteiger partial charge on any atom is -0.383 e. The van der Waals surface area contributed by atoms with E-state index in [1.165, 1.54) is 0 Å². The van der Waals surface area contributed by atoms with Gasteiger partial charge in [0.05, 0.1) is 25.4 Å². The van der Waals surface area contributed by atoms with Crippen LogP contribution in [0.3, 0.4) is 0 Å². The quantitative estimate of drug-likeness (QED) is 0.695. The minimum absolute atomic E-state index is 0.314. The van der Waals surface area contributed by atoms with Gasteiger partial charge >= 0.3 is 0 Å². The smallest absolute Gasteiger partial charge is 0.0841 e. The van der Waals surface area contributed by atoms with E-state index in [0.717, 1.165) is 24.7 Å². The molecule has 0 spiro atoms. The number of nitrogens with one attached hydrogen (secondary N) is 1. The second kappa shape index (κ2) is 5.80. The molecule has 12 heavy (non-hydrogen) atoms. The first-order valence-electron chi connectivity index (χ1n) is 4.24. The van der Waals surface area contributed by atoms with Gasteiger partial charge in [0.1, 0.15) is 0 Å². The average Bonchev–Trinajstić information content (AvgIpc) is 2.15. The van der Waals surface area contributed by atoms with E-state index in [1.807, 2.05) is 18.8 Å². The summed E-state index contributed by atoms with van der Waals surface area (Å²) in [6.07, 6.45) is 0.314. The van der Waals surface area contributed by atoms with Crippen molar-refractivity contribution >= 4 is 11.8 Å². The third kappa shape index (κ3) is 2.94. The molecule has 1 saturated heterocycles. The molecule has 72 valence electrons. The van der Waals surface area contributed by atoms with E-state index in [2.05, 4.69) is 5.32 Å². The van der Waals surface area contributed by atoms with Gasteiger partial charge in [-0.3, -0.25) is 0 Å². The van der Waals surface area contributed by atoms with Gasteiger partial charge in [-0.15, -0.1) is 0 Å². The molecule has 0 bridgehead atoms. The fraction of sp³-hybridized carbons (Fsp3) is 1.00. The Morgan fingerprint density at radius 2 is 2.58 bits per heavy atom. The van der Waals surface area contributed by atoms with Crippen molar-refractivity contribution in [3.05, 3.63) is 0 Å². The molecule has 0 aromatic carbocycles. The number of methoxy groups -OCH3 is 1. The summed E-state index contributed by atoms with van der Waals surface area (Å²) in [7, 11) is 3.67. The molecule has 0 aromatic rings. The molecule has 0 aromatic heterocycles. The van der Waals surface area contributed by atoms with Crippen molar-refractivity contribution in [3.8, 4) is 0 Å². The highest BCUT2D eigenvalue weighted by Gasteiger charge is 2.23. The van der Waals surface area contributed by atoms with Gasteiger partial charge in [-0.25, -0.2) is 0 Å². The Hall–Kier alpha value is 0.230. The lowest BCUT2D eigenvalue weighted by molar-refractivity contribution is 0.0229. The lowest BCUT2D eigenvalue weighted by atomic mass is 10.2. The molecule has 1 aliphatic rings. The molecule has 4 heteroatoms. The maximum atomic E-state index is 5.62. The predicted octanol–water partition coefficient (Wildman–Crippen LogP) is 0.353. The van der Waals surface area contributed by atoms with E-state index >= 15 is 0 Å². The maximum absolute atomic E-state index is 5.62. The van der Waals surface area contributed by atoms with Crippen LogP contribution in [0, 0.1) is 0 Å². The van der Waals surface area contributed by atoms with Crippen LogP contribution < -0.4 is 5.32 Å². The number of likely N-dealkylation sites (N-methyl/N-ethyl adjacent to an activating group) is 1. The highest BCUT2D eigenvalue weighted by atomic mass is 32.2. The Morgan fingerprint density at radius 1 is 1.75 bits per heavy atom. The van der Waals surface area contributed by atoms with Crippen molar-refractivity contribution < 1.29 is 9.47 Å². The molecule has 0 amide bonds. The maximum Gasteiger partial charge on any atom is 0.0841 e. The van der Waals surface area contributed by atoms with Gasteiger partial charge in [-0.1, -0.05) is 0 Å². The van der Waals surface area contributed by atoms with Crippen LogP contribution in [0.1, 0.15) is 0 Å². The molecular weight excluding hydrogens is 174 g/mol. The van der Waals surface area contributed by atoms with Crippen molar-refractivity contribution in [1.82, 2.24) is 5.32 Å². The molecule has 1 heterocycles. The molecule has 2 unspecified atom stereocenters.